The normalized spacial score (nSPS) is 9.26. The second-order valence-corrected chi connectivity index (χ2v) is 3.67. The van der Waals surface area contributed by atoms with Crippen LogP contribution in [0.1, 0.15) is 15.9 Å². The number of nitrogens with two attached hydrogens (primary N) is 1. The minimum atomic E-state index is -0.468. The number of carbonyl (C=O) groups is 1. The lowest BCUT2D eigenvalue weighted by Gasteiger charge is -2.08. The van der Waals surface area contributed by atoms with Gasteiger partial charge in [-0.1, -0.05) is 30.3 Å². The average molecular weight is 277 g/mol. The molecule has 5 heteroatoms. The second-order valence-electron chi connectivity index (χ2n) is 3.67. The van der Waals surface area contributed by atoms with E-state index in [1.165, 1.54) is 0 Å². The van der Waals surface area contributed by atoms with Gasteiger partial charge >= 0.3 is 5.97 Å². The average Bonchev–Trinajstić information content (AvgIpc) is 2.40. The van der Waals surface area contributed by atoms with Gasteiger partial charge in [0.1, 0.15) is 11.6 Å². The van der Waals surface area contributed by atoms with E-state index in [-0.39, 0.29) is 18.2 Å². The number of halogens is 1. The molecule has 2 aromatic carbocycles. The topological polar surface area (TPSA) is 76.2 Å². The van der Waals surface area contributed by atoms with Crippen LogP contribution in [0.3, 0.4) is 0 Å². The number of carbonyl (C=O) groups excluding carboxylic acids is 1. The van der Waals surface area contributed by atoms with Crippen LogP contribution in [0, 0.1) is 5.41 Å². The Labute approximate surface area is 117 Å². The van der Waals surface area contributed by atoms with E-state index in [1.807, 2.05) is 6.07 Å². The summed E-state index contributed by atoms with van der Waals surface area (Å²) < 4.78 is 5.23. The first kappa shape index (κ1) is 14.7. The van der Waals surface area contributed by atoms with Gasteiger partial charge in [0, 0.05) is 0 Å². The molecule has 0 fully saturated rings. The van der Waals surface area contributed by atoms with Gasteiger partial charge in [-0.2, -0.15) is 0 Å². The number of para-hydroxylation sites is 1. The molecule has 2 aromatic rings. The third kappa shape index (κ3) is 3.56. The van der Waals surface area contributed by atoms with Gasteiger partial charge < -0.3 is 10.5 Å². The molecule has 3 N–H and O–H groups in total. The molecule has 0 radical (unpaired) electrons. The van der Waals surface area contributed by atoms with Gasteiger partial charge in [0.2, 0.25) is 0 Å². The summed E-state index contributed by atoms with van der Waals surface area (Å²) in [7, 11) is 0. The zero-order valence-electron chi connectivity index (χ0n) is 10.00. The number of amidine groups is 1. The van der Waals surface area contributed by atoms with Crippen LogP contribution in [-0.4, -0.2) is 11.8 Å². The second kappa shape index (κ2) is 6.56. The van der Waals surface area contributed by atoms with Crippen LogP contribution in [0.2, 0.25) is 0 Å². The van der Waals surface area contributed by atoms with Crippen LogP contribution in [0.15, 0.2) is 54.6 Å². The Morgan fingerprint density at radius 2 is 1.58 bits per heavy atom. The zero-order chi connectivity index (χ0) is 13.0. The van der Waals surface area contributed by atoms with Gasteiger partial charge in [0.15, 0.2) is 0 Å². The molecule has 0 aromatic heterocycles. The molecule has 0 unspecified atom stereocenters. The number of nitrogens with one attached hydrogen (secondary N) is 1. The lowest BCUT2D eigenvalue weighted by molar-refractivity contribution is 0.0734. The van der Waals surface area contributed by atoms with Crippen molar-refractivity contribution < 1.29 is 9.53 Å². The number of ether oxygens (including phenoxy) is 1. The van der Waals surface area contributed by atoms with Crippen molar-refractivity contribution in [2.75, 3.05) is 0 Å². The van der Waals surface area contributed by atoms with Crippen molar-refractivity contribution in [3.05, 3.63) is 65.7 Å². The largest absolute Gasteiger partial charge is 0.422 e. The van der Waals surface area contributed by atoms with E-state index < -0.39 is 5.97 Å². The fraction of sp³-hybridized carbons (Fsp3) is 0. The van der Waals surface area contributed by atoms with Gasteiger partial charge in [0.25, 0.3) is 0 Å². The van der Waals surface area contributed by atoms with Gasteiger partial charge in [-0.15, -0.1) is 12.4 Å². The van der Waals surface area contributed by atoms with Gasteiger partial charge in [-0.25, -0.2) is 4.79 Å². The number of hydrogen-bond acceptors (Lipinski definition) is 3. The molecule has 0 aliphatic heterocycles. The molecular formula is C14H13ClN2O2. The smallest absolute Gasteiger partial charge is 0.343 e. The van der Waals surface area contributed by atoms with Crippen molar-refractivity contribution in [3.63, 3.8) is 0 Å². The van der Waals surface area contributed by atoms with E-state index in [9.17, 15) is 4.79 Å². The summed E-state index contributed by atoms with van der Waals surface area (Å²) in [6, 6.07) is 15.4. The molecule has 0 bridgehead atoms. The summed E-state index contributed by atoms with van der Waals surface area (Å²) in [5.41, 5.74) is 6.28. The first-order valence-electron chi connectivity index (χ1n) is 5.39. The van der Waals surface area contributed by atoms with E-state index >= 15 is 0 Å². The molecule has 19 heavy (non-hydrogen) atoms. The SMILES string of the molecule is Cl.N=C(N)c1ccccc1OC(=O)c1ccccc1. The van der Waals surface area contributed by atoms with Crippen molar-refractivity contribution in [1.29, 1.82) is 5.41 Å². The minimum absolute atomic E-state index is 0. The third-order valence-electron chi connectivity index (χ3n) is 2.39. The molecule has 4 nitrogen and oxygen atoms in total. The predicted molar refractivity (Wildman–Crippen MR) is 76.1 cm³/mol. The van der Waals surface area contributed by atoms with Crippen LogP contribution in [0.25, 0.3) is 0 Å². The molecule has 0 aliphatic rings. The van der Waals surface area contributed by atoms with E-state index in [2.05, 4.69) is 0 Å². The summed E-state index contributed by atoms with van der Waals surface area (Å²) in [6.07, 6.45) is 0. The Balaban J connectivity index is 0.00000180. The summed E-state index contributed by atoms with van der Waals surface area (Å²) in [4.78, 5) is 11.9. The van der Waals surface area contributed by atoms with Crippen molar-refractivity contribution in [1.82, 2.24) is 0 Å². The van der Waals surface area contributed by atoms with E-state index in [1.54, 1.807) is 48.5 Å². The monoisotopic (exact) mass is 276 g/mol. The summed E-state index contributed by atoms with van der Waals surface area (Å²) in [5.74, 6) is -0.311. The van der Waals surface area contributed by atoms with Crippen LogP contribution in [-0.2, 0) is 0 Å². The lowest BCUT2D eigenvalue weighted by atomic mass is 10.2. The summed E-state index contributed by atoms with van der Waals surface area (Å²) >= 11 is 0. The highest BCUT2D eigenvalue weighted by atomic mass is 35.5. The number of benzene rings is 2. The number of nitrogen functional groups attached to an aromatic ring is 1. The molecule has 0 heterocycles. The van der Waals surface area contributed by atoms with Crippen molar-refractivity contribution in [3.8, 4) is 5.75 Å². The van der Waals surface area contributed by atoms with E-state index in [4.69, 9.17) is 15.9 Å². The zero-order valence-corrected chi connectivity index (χ0v) is 10.8. The van der Waals surface area contributed by atoms with E-state index in [0.717, 1.165) is 0 Å². The highest BCUT2D eigenvalue weighted by Crippen LogP contribution is 2.18. The number of esters is 1. The number of rotatable bonds is 3. The van der Waals surface area contributed by atoms with Gasteiger partial charge in [0.05, 0.1) is 11.1 Å². The first-order chi connectivity index (χ1) is 8.68. The van der Waals surface area contributed by atoms with Crippen LogP contribution >= 0.6 is 12.4 Å². The van der Waals surface area contributed by atoms with Gasteiger partial charge in [-0.05, 0) is 24.3 Å². The molecule has 0 spiro atoms. The molecule has 0 atom stereocenters. The Morgan fingerprint density at radius 3 is 2.21 bits per heavy atom. The molecule has 0 saturated carbocycles. The lowest BCUT2D eigenvalue weighted by Crippen LogP contribution is -2.15. The molecule has 0 aliphatic carbocycles. The molecule has 2 rings (SSSR count). The van der Waals surface area contributed by atoms with Crippen LogP contribution < -0.4 is 10.5 Å². The maximum absolute atomic E-state index is 11.9. The summed E-state index contributed by atoms with van der Waals surface area (Å²) in [5, 5.41) is 7.41. The maximum Gasteiger partial charge on any atom is 0.343 e. The Bertz CT molecular complexity index is 585. The van der Waals surface area contributed by atoms with Crippen molar-refractivity contribution >= 4 is 24.2 Å². The molecule has 0 amide bonds. The van der Waals surface area contributed by atoms with Crippen LogP contribution in [0.5, 0.6) is 5.75 Å². The number of hydrogen-bond donors (Lipinski definition) is 2. The highest BCUT2D eigenvalue weighted by molar-refractivity contribution is 5.99. The van der Waals surface area contributed by atoms with E-state index in [0.29, 0.717) is 16.9 Å². The highest BCUT2D eigenvalue weighted by Gasteiger charge is 2.11. The van der Waals surface area contributed by atoms with Gasteiger partial charge in [-0.3, -0.25) is 5.41 Å². The molecule has 0 saturated heterocycles. The Hall–Kier alpha value is -2.33. The quantitative estimate of drug-likeness (QED) is 0.392. The van der Waals surface area contributed by atoms with Crippen LogP contribution in [0.4, 0.5) is 0 Å². The molecule has 98 valence electrons. The maximum atomic E-state index is 11.9. The third-order valence-corrected chi connectivity index (χ3v) is 2.39. The fourth-order valence-electron chi connectivity index (χ4n) is 1.51. The standard InChI is InChI=1S/C14H12N2O2.ClH/c15-13(16)11-8-4-5-9-12(11)18-14(17)10-6-2-1-3-7-10;/h1-9H,(H3,15,16);1H. The summed E-state index contributed by atoms with van der Waals surface area (Å²) in [6.45, 7) is 0. The predicted octanol–water partition coefficient (Wildman–Crippen LogP) is 2.61. The molecular weight excluding hydrogens is 264 g/mol. The minimum Gasteiger partial charge on any atom is -0.422 e. The van der Waals surface area contributed by atoms with Crippen molar-refractivity contribution in [2.45, 2.75) is 0 Å². The Morgan fingerprint density at radius 1 is 1.00 bits per heavy atom. The van der Waals surface area contributed by atoms with Crippen molar-refractivity contribution in [2.24, 2.45) is 5.73 Å². The Kier molecular flexibility index (Phi) is 5.09. The fourth-order valence-corrected chi connectivity index (χ4v) is 1.51. The first-order valence-corrected chi connectivity index (χ1v) is 5.39.